The van der Waals surface area contributed by atoms with Crippen LogP contribution in [0.15, 0.2) is 119 Å². The van der Waals surface area contributed by atoms with Crippen molar-refractivity contribution in [1.29, 1.82) is 0 Å². The van der Waals surface area contributed by atoms with Crippen LogP contribution >= 0.6 is 0 Å². The van der Waals surface area contributed by atoms with Crippen molar-refractivity contribution >= 4 is 23.5 Å². The Morgan fingerprint density at radius 1 is 0.714 bits per heavy atom. The molecular weight excluding hydrogens is 705 g/mol. The summed E-state index contributed by atoms with van der Waals surface area (Å²) in [6, 6.07) is 0. The first-order valence-electron chi connectivity index (χ1n) is 19.7. The van der Waals surface area contributed by atoms with Crippen LogP contribution < -0.4 is 0 Å². The van der Waals surface area contributed by atoms with Gasteiger partial charge in [-0.2, -0.15) is 0 Å². The third-order valence-corrected chi connectivity index (χ3v) is 10.2. The monoisotopic (exact) mass is 770 g/mol. The van der Waals surface area contributed by atoms with Gasteiger partial charge < -0.3 is 19.7 Å². The van der Waals surface area contributed by atoms with Gasteiger partial charge in [0, 0.05) is 12.3 Å². The second kappa shape index (κ2) is 21.8. The molecule has 1 fully saturated rings. The molecule has 0 spiro atoms. The molecule has 8 nitrogen and oxygen atoms in total. The summed E-state index contributed by atoms with van der Waals surface area (Å²) in [4.78, 5) is 50.2. The molecule has 1 saturated carbocycles. The predicted molar refractivity (Wildman–Crippen MR) is 225 cm³/mol. The molecule has 2 unspecified atom stereocenters. The average molecular weight is 771 g/mol. The van der Waals surface area contributed by atoms with Gasteiger partial charge >= 0.3 is 11.9 Å². The van der Waals surface area contributed by atoms with Crippen LogP contribution in [0, 0.1) is 22.7 Å². The van der Waals surface area contributed by atoms with E-state index in [9.17, 15) is 29.4 Å². The SMILES string of the molecule is CC1=C(/C=C/C(C)=C/C=C/C(C)=C/C=C/C=C(C)/C=C/C=C(C)/C=C/C2C(C)C(=O)[C@@H](OC(=O)C[C@@H](C)O)CC2(C)C)C(C)(C)C[C@H](OC(=O)C[C@@H](C)O)C1=O. The van der Waals surface area contributed by atoms with Gasteiger partial charge in [0.25, 0.3) is 0 Å². The van der Waals surface area contributed by atoms with E-state index in [0.717, 1.165) is 27.9 Å². The van der Waals surface area contributed by atoms with E-state index in [1.54, 1.807) is 6.92 Å². The molecule has 0 bridgehead atoms. The summed E-state index contributed by atoms with van der Waals surface area (Å²) >= 11 is 0. The van der Waals surface area contributed by atoms with Crippen molar-refractivity contribution in [3.05, 3.63) is 119 Å². The lowest BCUT2D eigenvalue weighted by Gasteiger charge is -2.43. The van der Waals surface area contributed by atoms with E-state index in [2.05, 4.69) is 19.9 Å². The summed E-state index contributed by atoms with van der Waals surface area (Å²) in [5, 5.41) is 19.0. The first-order valence-corrected chi connectivity index (χ1v) is 19.7. The summed E-state index contributed by atoms with van der Waals surface area (Å²) in [6.45, 7) is 23.1. The highest BCUT2D eigenvalue weighted by atomic mass is 16.6. The first-order chi connectivity index (χ1) is 26.0. The molecule has 56 heavy (non-hydrogen) atoms. The molecule has 0 radical (unpaired) electrons. The zero-order valence-electron chi connectivity index (χ0n) is 35.7. The van der Waals surface area contributed by atoms with Crippen LogP contribution in [0.5, 0.6) is 0 Å². The summed E-state index contributed by atoms with van der Waals surface area (Å²) in [7, 11) is 0. The number of allylic oxidation sites excluding steroid dienone is 19. The van der Waals surface area contributed by atoms with E-state index in [4.69, 9.17) is 9.47 Å². The fourth-order valence-electron chi connectivity index (χ4n) is 7.09. The molecule has 0 aliphatic heterocycles. The lowest BCUT2D eigenvalue weighted by molar-refractivity contribution is -0.164. The van der Waals surface area contributed by atoms with E-state index in [1.807, 2.05) is 127 Å². The molecule has 0 aromatic heterocycles. The Balaban J connectivity index is 1.95. The van der Waals surface area contributed by atoms with E-state index in [0.29, 0.717) is 18.4 Å². The van der Waals surface area contributed by atoms with Crippen molar-refractivity contribution in [3.63, 3.8) is 0 Å². The first kappa shape index (κ1) is 47.8. The Bertz CT molecular complexity index is 1750. The van der Waals surface area contributed by atoms with Crippen molar-refractivity contribution in [2.45, 2.75) is 133 Å². The Kier molecular flexibility index (Phi) is 18.6. The minimum absolute atomic E-state index is 0.00256. The van der Waals surface area contributed by atoms with E-state index < -0.39 is 36.4 Å². The zero-order valence-corrected chi connectivity index (χ0v) is 35.7. The average Bonchev–Trinajstić information content (AvgIpc) is 3.06. The molecule has 0 heterocycles. The summed E-state index contributed by atoms with van der Waals surface area (Å²) < 4.78 is 10.9. The number of hydrogen-bond donors (Lipinski definition) is 2. The number of ketones is 2. The molecule has 0 saturated heterocycles. The lowest BCUT2D eigenvalue weighted by Crippen LogP contribution is -2.47. The molecular formula is C48H66O8. The largest absolute Gasteiger partial charge is 0.454 e. The van der Waals surface area contributed by atoms with E-state index >= 15 is 0 Å². The highest BCUT2D eigenvalue weighted by Gasteiger charge is 2.46. The van der Waals surface area contributed by atoms with Crippen LogP contribution in [0.4, 0.5) is 0 Å². The van der Waals surface area contributed by atoms with Crippen LogP contribution in [-0.2, 0) is 28.7 Å². The molecule has 0 aromatic carbocycles. The highest BCUT2D eigenvalue weighted by molar-refractivity contribution is 6.01. The fourth-order valence-corrected chi connectivity index (χ4v) is 7.09. The second-order valence-corrected chi connectivity index (χ2v) is 16.9. The van der Waals surface area contributed by atoms with Gasteiger partial charge in [-0.15, -0.1) is 0 Å². The molecule has 8 heteroatoms. The van der Waals surface area contributed by atoms with Crippen molar-refractivity contribution in [3.8, 4) is 0 Å². The van der Waals surface area contributed by atoms with Gasteiger partial charge in [-0.3, -0.25) is 19.2 Å². The molecule has 2 N–H and O–H groups in total. The summed E-state index contributed by atoms with van der Waals surface area (Å²) in [6.07, 6.45) is 25.6. The number of esters is 2. The molecule has 306 valence electrons. The van der Waals surface area contributed by atoms with Crippen molar-refractivity contribution < 1.29 is 38.9 Å². The topological polar surface area (TPSA) is 127 Å². The van der Waals surface area contributed by atoms with Gasteiger partial charge in [-0.1, -0.05) is 142 Å². The maximum atomic E-state index is 13.1. The lowest BCUT2D eigenvalue weighted by atomic mass is 9.62. The predicted octanol–water partition coefficient (Wildman–Crippen LogP) is 9.48. The number of Topliss-reactive ketones (excluding diaryl/α,β-unsaturated/α-hetero) is 2. The smallest absolute Gasteiger partial charge is 0.309 e. The molecule has 2 aliphatic carbocycles. The molecule has 0 amide bonds. The van der Waals surface area contributed by atoms with Crippen LogP contribution in [0.2, 0.25) is 0 Å². The fraction of sp³-hybridized carbons (Fsp3) is 0.500. The minimum atomic E-state index is -0.840. The molecule has 0 aromatic rings. The maximum absolute atomic E-state index is 13.1. The highest BCUT2D eigenvalue weighted by Crippen LogP contribution is 2.44. The van der Waals surface area contributed by atoms with E-state index in [1.165, 1.54) is 13.8 Å². The third-order valence-electron chi connectivity index (χ3n) is 10.2. The Labute approximate surface area is 335 Å². The van der Waals surface area contributed by atoms with Gasteiger partial charge in [-0.25, -0.2) is 0 Å². The van der Waals surface area contributed by atoms with Gasteiger partial charge in [0.15, 0.2) is 23.8 Å². The van der Waals surface area contributed by atoms with Crippen LogP contribution in [-0.4, -0.2) is 58.1 Å². The Morgan fingerprint density at radius 3 is 1.66 bits per heavy atom. The summed E-state index contributed by atoms with van der Waals surface area (Å²) in [5.74, 6) is -1.69. The van der Waals surface area contributed by atoms with Crippen molar-refractivity contribution in [2.75, 3.05) is 0 Å². The molecule has 2 aliphatic rings. The number of aliphatic hydroxyl groups excluding tert-OH is 2. The Morgan fingerprint density at radius 2 is 1.16 bits per heavy atom. The number of carbonyl (C=O) groups excluding carboxylic acids is 4. The minimum Gasteiger partial charge on any atom is -0.454 e. The van der Waals surface area contributed by atoms with E-state index in [-0.39, 0.29) is 47.1 Å². The quantitative estimate of drug-likeness (QED) is 0.117. The third kappa shape index (κ3) is 15.6. The zero-order chi connectivity index (χ0) is 42.4. The maximum Gasteiger partial charge on any atom is 0.309 e. The number of aliphatic hydroxyl groups is 2. The number of hydrogen-bond acceptors (Lipinski definition) is 8. The number of carbonyl (C=O) groups is 4. The van der Waals surface area contributed by atoms with Gasteiger partial charge in [0.1, 0.15) is 0 Å². The van der Waals surface area contributed by atoms with Gasteiger partial charge in [0.2, 0.25) is 0 Å². The number of ether oxygens (including phenoxy) is 2. The summed E-state index contributed by atoms with van der Waals surface area (Å²) in [5.41, 5.74) is 5.13. The number of rotatable bonds is 16. The van der Waals surface area contributed by atoms with Crippen LogP contribution in [0.3, 0.4) is 0 Å². The van der Waals surface area contributed by atoms with Crippen molar-refractivity contribution in [1.82, 2.24) is 0 Å². The van der Waals surface area contributed by atoms with Gasteiger partial charge in [-0.05, 0) is 82.8 Å². The molecule has 2 rings (SSSR count). The molecule has 6 atom stereocenters. The van der Waals surface area contributed by atoms with Crippen LogP contribution in [0.25, 0.3) is 0 Å². The second-order valence-electron chi connectivity index (χ2n) is 16.9. The van der Waals surface area contributed by atoms with Gasteiger partial charge in [0.05, 0.1) is 25.0 Å². The normalized spacial score (nSPS) is 25.3. The standard InChI is InChI=1S/C48H66O8/c1-31(19-15-21-33(3)23-25-39-37(7)45(53)41(29-47(39,9)10)55-43(51)27-35(5)49)17-13-14-18-32(2)20-16-22-34(4)24-26-40-38(8)46(54)42(30-48(40,11)12)56-44(52)28-36(6)50/h13-26,35-37,39,41-42,49-50H,27-30H2,1-12H3/b14-13+,19-15+,20-16+,25-23+,26-24+,31-17+,32-18+,33-21+,34-22+/t35-,36-,37?,39?,41+,42+/m1/s1. The Hall–Kier alpha value is -4.40. The van der Waals surface area contributed by atoms with Crippen molar-refractivity contribution in [2.24, 2.45) is 22.7 Å². The van der Waals surface area contributed by atoms with Crippen LogP contribution in [0.1, 0.15) is 109 Å².